The number of hydrogen-bond acceptors (Lipinski definition) is 5. The van der Waals surface area contributed by atoms with Crippen molar-refractivity contribution in [1.82, 2.24) is 5.01 Å². The number of phenols is 1. The molecule has 1 aliphatic heterocycles. The first kappa shape index (κ1) is 16.3. The largest absolute Gasteiger partial charge is 0.503 e. The number of imide groups is 1. The molecule has 1 aromatic rings. The number of carbonyl (C=O) groups is 2. The van der Waals surface area contributed by atoms with Gasteiger partial charge in [0.15, 0.2) is 11.5 Å². The van der Waals surface area contributed by atoms with Crippen LogP contribution in [0.15, 0.2) is 33.9 Å². The molecule has 3 aliphatic rings. The van der Waals surface area contributed by atoms with Crippen LogP contribution in [-0.4, -0.2) is 34.8 Å². The number of carbonyl (C=O) groups excluding carboxylic acids is 2. The first-order valence-electron chi connectivity index (χ1n) is 8.26. The van der Waals surface area contributed by atoms with E-state index in [9.17, 15) is 14.7 Å². The van der Waals surface area contributed by atoms with E-state index in [4.69, 9.17) is 4.74 Å². The van der Waals surface area contributed by atoms with Crippen molar-refractivity contribution in [3.05, 3.63) is 34.3 Å². The average Bonchev–Trinajstić information content (AvgIpc) is 3.25. The van der Waals surface area contributed by atoms with E-state index in [0.29, 0.717) is 22.4 Å². The monoisotopic (exact) mass is 404 g/mol. The molecule has 2 aliphatic carbocycles. The summed E-state index contributed by atoms with van der Waals surface area (Å²) in [4.78, 5) is 25.2. The predicted molar refractivity (Wildman–Crippen MR) is 94.1 cm³/mol. The van der Waals surface area contributed by atoms with Crippen LogP contribution in [0.3, 0.4) is 0 Å². The first-order valence-corrected chi connectivity index (χ1v) is 9.06. The molecule has 4 atom stereocenters. The van der Waals surface area contributed by atoms with Gasteiger partial charge in [-0.3, -0.25) is 9.59 Å². The van der Waals surface area contributed by atoms with Crippen LogP contribution in [0, 0.1) is 23.7 Å². The zero-order chi connectivity index (χ0) is 17.7. The van der Waals surface area contributed by atoms with Crippen LogP contribution in [0.1, 0.15) is 18.9 Å². The molecule has 6 nitrogen and oxygen atoms in total. The number of amides is 2. The quantitative estimate of drug-likeness (QED) is 0.475. The SMILES string of the molecule is CCOc1cc(C=NN2C(=O)C3C4C=CC(C4)C3C2=O)cc(Br)c1O. The number of nitrogens with zero attached hydrogens (tertiary/aromatic N) is 2. The summed E-state index contributed by atoms with van der Waals surface area (Å²) in [6, 6.07) is 3.27. The summed E-state index contributed by atoms with van der Waals surface area (Å²) in [7, 11) is 0. The summed E-state index contributed by atoms with van der Waals surface area (Å²) in [6.07, 6.45) is 6.44. The summed E-state index contributed by atoms with van der Waals surface area (Å²) >= 11 is 3.26. The molecule has 4 unspecified atom stereocenters. The molecule has 1 saturated heterocycles. The number of ether oxygens (including phenoxy) is 1. The maximum absolute atomic E-state index is 12.6. The number of rotatable bonds is 4. The third-order valence-electron chi connectivity index (χ3n) is 5.12. The van der Waals surface area contributed by atoms with E-state index < -0.39 is 0 Å². The normalized spacial score (nSPS) is 29.9. The van der Waals surface area contributed by atoms with E-state index in [-0.39, 0.29) is 41.2 Å². The van der Waals surface area contributed by atoms with Crippen LogP contribution in [0.5, 0.6) is 11.5 Å². The fourth-order valence-electron chi connectivity index (χ4n) is 4.06. The number of aromatic hydroxyl groups is 1. The Hall–Kier alpha value is -2.15. The third kappa shape index (κ3) is 2.49. The zero-order valence-electron chi connectivity index (χ0n) is 13.6. The van der Waals surface area contributed by atoms with Gasteiger partial charge in [-0.2, -0.15) is 10.1 Å². The molecule has 130 valence electrons. The van der Waals surface area contributed by atoms with Gasteiger partial charge in [0.25, 0.3) is 11.8 Å². The molecule has 1 saturated carbocycles. The first-order chi connectivity index (χ1) is 12.0. The second-order valence-corrected chi connectivity index (χ2v) is 7.37. The molecule has 1 aromatic carbocycles. The summed E-state index contributed by atoms with van der Waals surface area (Å²) in [6.45, 7) is 2.22. The average molecular weight is 405 g/mol. The molecule has 0 aromatic heterocycles. The van der Waals surface area contributed by atoms with Gasteiger partial charge in [-0.15, -0.1) is 0 Å². The molecular weight excluding hydrogens is 388 g/mol. The van der Waals surface area contributed by atoms with Crippen LogP contribution in [0.2, 0.25) is 0 Å². The molecule has 1 heterocycles. The number of benzene rings is 1. The fraction of sp³-hybridized carbons (Fsp3) is 0.389. The van der Waals surface area contributed by atoms with Gasteiger partial charge < -0.3 is 9.84 Å². The Kier molecular flexibility index (Phi) is 3.91. The van der Waals surface area contributed by atoms with Gasteiger partial charge in [0.1, 0.15) is 0 Å². The summed E-state index contributed by atoms with van der Waals surface area (Å²) in [5, 5.41) is 15.1. The number of fused-ring (bicyclic) bond motifs is 5. The molecule has 2 fully saturated rings. The Morgan fingerprint density at radius 1 is 1.28 bits per heavy atom. The minimum Gasteiger partial charge on any atom is -0.503 e. The van der Waals surface area contributed by atoms with Gasteiger partial charge in [0.2, 0.25) is 0 Å². The smallest absolute Gasteiger partial charge is 0.254 e. The molecule has 4 rings (SSSR count). The van der Waals surface area contributed by atoms with E-state index in [1.54, 1.807) is 12.1 Å². The van der Waals surface area contributed by atoms with Crippen molar-refractivity contribution >= 4 is 34.0 Å². The van der Waals surface area contributed by atoms with Gasteiger partial charge in [0, 0.05) is 0 Å². The molecule has 25 heavy (non-hydrogen) atoms. The van der Waals surface area contributed by atoms with Crippen molar-refractivity contribution in [1.29, 1.82) is 0 Å². The number of phenolic OH excluding ortho intramolecular Hbond substituents is 1. The van der Waals surface area contributed by atoms with E-state index in [1.807, 2.05) is 6.92 Å². The van der Waals surface area contributed by atoms with Gasteiger partial charge in [-0.1, -0.05) is 12.2 Å². The molecular formula is C18H17BrN2O4. The standard InChI is InChI=1S/C18H17BrN2O4/c1-2-25-13-6-9(5-12(19)16(13)22)8-20-21-17(23)14-10-3-4-11(7-10)15(14)18(21)24/h3-6,8,10-11,14-15,22H,2,7H2,1H3. The van der Waals surface area contributed by atoms with Crippen molar-refractivity contribution in [2.75, 3.05) is 6.61 Å². The minimum absolute atomic E-state index is 0.00417. The highest BCUT2D eigenvalue weighted by molar-refractivity contribution is 9.10. The highest BCUT2D eigenvalue weighted by Gasteiger charge is 2.59. The molecule has 0 radical (unpaired) electrons. The highest BCUT2D eigenvalue weighted by Crippen LogP contribution is 2.52. The second kappa shape index (κ2) is 5.98. The lowest BCUT2D eigenvalue weighted by Gasteiger charge is -2.13. The van der Waals surface area contributed by atoms with E-state index in [2.05, 4.69) is 33.2 Å². The zero-order valence-corrected chi connectivity index (χ0v) is 15.1. The van der Waals surface area contributed by atoms with Crippen LogP contribution in [0.4, 0.5) is 0 Å². The van der Waals surface area contributed by atoms with Crippen molar-refractivity contribution < 1.29 is 19.4 Å². The van der Waals surface area contributed by atoms with Crippen LogP contribution < -0.4 is 4.74 Å². The van der Waals surface area contributed by atoms with Crippen LogP contribution in [0.25, 0.3) is 0 Å². The molecule has 0 spiro atoms. The molecule has 2 bridgehead atoms. The lowest BCUT2D eigenvalue weighted by molar-refractivity contribution is -0.140. The van der Waals surface area contributed by atoms with Crippen LogP contribution >= 0.6 is 15.9 Å². The summed E-state index contributed by atoms with van der Waals surface area (Å²) < 4.78 is 5.83. The lowest BCUT2D eigenvalue weighted by atomic mass is 9.85. The van der Waals surface area contributed by atoms with Crippen molar-refractivity contribution in [2.24, 2.45) is 28.8 Å². The highest BCUT2D eigenvalue weighted by atomic mass is 79.9. The van der Waals surface area contributed by atoms with Gasteiger partial charge in [-0.05, 0) is 58.8 Å². The third-order valence-corrected chi connectivity index (χ3v) is 5.72. The van der Waals surface area contributed by atoms with Gasteiger partial charge in [-0.25, -0.2) is 0 Å². The van der Waals surface area contributed by atoms with Gasteiger partial charge >= 0.3 is 0 Å². The maximum Gasteiger partial charge on any atom is 0.254 e. The number of hydrazone groups is 1. The fourth-order valence-corrected chi connectivity index (χ4v) is 4.52. The minimum atomic E-state index is -0.259. The Morgan fingerprint density at radius 2 is 1.92 bits per heavy atom. The Balaban J connectivity index is 1.59. The molecule has 2 amide bonds. The maximum atomic E-state index is 12.6. The Labute approximate surface area is 153 Å². The number of hydrogen-bond donors (Lipinski definition) is 1. The van der Waals surface area contributed by atoms with E-state index in [0.717, 1.165) is 11.4 Å². The number of allylic oxidation sites excluding steroid dienone is 2. The molecule has 1 N–H and O–H groups in total. The lowest BCUT2D eigenvalue weighted by Crippen LogP contribution is -2.28. The molecule has 7 heteroatoms. The van der Waals surface area contributed by atoms with Crippen molar-refractivity contribution in [2.45, 2.75) is 13.3 Å². The number of halogens is 1. The van der Waals surface area contributed by atoms with E-state index >= 15 is 0 Å². The van der Waals surface area contributed by atoms with Crippen LogP contribution in [-0.2, 0) is 9.59 Å². The van der Waals surface area contributed by atoms with Gasteiger partial charge in [0.05, 0.1) is 29.1 Å². The Bertz CT molecular complexity index is 790. The Morgan fingerprint density at radius 3 is 2.52 bits per heavy atom. The predicted octanol–water partition coefficient (Wildman–Crippen LogP) is 2.69. The summed E-state index contributed by atoms with van der Waals surface area (Å²) in [5.41, 5.74) is 0.617. The van der Waals surface area contributed by atoms with Crippen molar-refractivity contribution in [3.63, 3.8) is 0 Å². The summed E-state index contributed by atoms with van der Waals surface area (Å²) in [5.74, 6) is -0.300. The van der Waals surface area contributed by atoms with Crippen molar-refractivity contribution in [3.8, 4) is 11.5 Å². The second-order valence-electron chi connectivity index (χ2n) is 6.52. The van der Waals surface area contributed by atoms with E-state index in [1.165, 1.54) is 6.21 Å². The topological polar surface area (TPSA) is 79.2 Å².